The molecule has 5 heteroatoms. The van der Waals surface area contributed by atoms with Gasteiger partial charge in [0.1, 0.15) is 0 Å². The fourth-order valence-corrected chi connectivity index (χ4v) is 1.64. The molecule has 0 aromatic rings. The van der Waals surface area contributed by atoms with E-state index in [0.717, 1.165) is 0 Å². The lowest BCUT2D eigenvalue weighted by atomic mass is 9.90. The van der Waals surface area contributed by atoms with Gasteiger partial charge in [0, 0.05) is 13.2 Å². The fourth-order valence-electron chi connectivity index (χ4n) is 1.64. The average Bonchev–Trinajstić information content (AvgIpc) is 2.45. The largest absolute Gasteiger partial charge is 0.486 e. The first-order valence-corrected chi connectivity index (χ1v) is 6.59. The standard InChI is InChI=1S/C13H25BO4/c1-7-15-11(16-8-2)9-10-14-17-12(3,4)13(5,6)18-14/h9-11H,7-8H2,1-6H3/b10-9-. The van der Waals surface area contributed by atoms with Crippen molar-refractivity contribution in [2.45, 2.75) is 59.0 Å². The van der Waals surface area contributed by atoms with Crippen molar-refractivity contribution in [3.05, 3.63) is 12.1 Å². The first-order chi connectivity index (χ1) is 8.32. The van der Waals surface area contributed by atoms with Crippen molar-refractivity contribution in [2.24, 2.45) is 0 Å². The van der Waals surface area contributed by atoms with Gasteiger partial charge >= 0.3 is 7.12 Å². The Hall–Kier alpha value is -0.355. The van der Waals surface area contributed by atoms with Gasteiger partial charge in [-0.3, -0.25) is 0 Å². The van der Waals surface area contributed by atoms with Crippen LogP contribution in [0.5, 0.6) is 0 Å². The van der Waals surface area contributed by atoms with E-state index in [4.69, 9.17) is 18.8 Å². The van der Waals surface area contributed by atoms with E-state index < -0.39 is 0 Å². The molecule has 0 amide bonds. The van der Waals surface area contributed by atoms with Gasteiger partial charge in [-0.15, -0.1) is 0 Å². The predicted octanol–water partition coefficient (Wildman–Crippen LogP) is 2.57. The lowest BCUT2D eigenvalue weighted by Crippen LogP contribution is -2.41. The Morgan fingerprint density at radius 3 is 1.83 bits per heavy atom. The van der Waals surface area contributed by atoms with Crippen LogP contribution in [0.25, 0.3) is 0 Å². The van der Waals surface area contributed by atoms with Gasteiger partial charge in [0.25, 0.3) is 0 Å². The van der Waals surface area contributed by atoms with E-state index in [2.05, 4.69) is 0 Å². The molecule has 1 rings (SSSR count). The van der Waals surface area contributed by atoms with E-state index in [1.54, 1.807) is 0 Å². The number of ether oxygens (including phenoxy) is 2. The summed E-state index contributed by atoms with van der Waals surface area (Å²) in [7, 11) is -0.349. The van der Waals surface area contributed by atoms with E-state index in [-0.39, 0.29) is 24.6 Å². The molecule has 0 spiro atoms. The highest BCUT2D eigenvalue weighted by atomic mass is 16.7. The van der Waals surface area contributed by atoms with Crippen molar-refractivity contribution in [3.63, 3.8) is 0 Å². The third kappa shape index (κ3) is 3.82. The Morgan fingerprint density at radius 1 is 1.00 bits per heavy atom. The van der Waals surface area contributed by atoms with Crippen LogP contribution in [-0.4, -0.2) is 37.8 Å². The number of hydrogen-bond donors (Lipinski definition) is 0. The highest BCUT2D eigenvalue weighted by Gasteiger charge is 2.50. The van der Waals surface area contributed by atoms with Crippen molar-refractivity contribution in [1.29, 1.82) is 0 Å². The lowest BCUT2D eigenvalue weighted by Gasteiger charge is -2.32. The van der Waals surface area contributed by atoms with Crippen molar-refractivity contribution < 1.29 is 18.8 Å². The molecule has 0 radical (unpaired) electrons. The Kier molecular flexibility index (Phi) is 5.40. The Labute approximate surface area is 111 Å². The van der Waals surface area contributed by atoms with Crippen LogP contribution in [0.3, 0.4) is 0 Å². The maximum absolute atomic E-state index is 5.85. The van der Waals surface area contributed by atoms with Gasteiger partial charge in [-0.05, 0) is 47.6 Å². The monoisotopic (exact) mass is 256 g/mol. The maximum Gasteiger partial charge on any atom is 0.486 e. The zero-order chi connectivity index (χ0) is 13.8. The molecular weight excluding hydrogens is 231 g/mol. The molecule has 0 unspecified atom stereocenters. The molecule has 0 bridgehead atoms. The van der Waals surface area contributed by atoms with E-state index in [1.807, 2.05) is 53.6 Å². The Bertz CT molecular complexity index is 267. The zero-order valence-corrected chi connectivity index (χ0v) is 12.4. The van der Waals surface area contributed by atoms with E-state index in [1.165, 1.54) is 0 Å². The molecule has 0 aromatic carbocycles. The van der Waals surface area contributed by atoms with Crippen LogP contribution in [0.2, 0.25) is 0 Å². The van der Waals surface area contributed by atoms with E-state index >= 15 is 0 Å². The second-order valence-corrected chi connectivity index (χ2v) is 5.29. The predicted molar refractivity (Wildman–Crippen MR) is 72.3 cm³/mol. The molecule has 1 fully saturated rings. The molecule has 1 aliphatic heterocycles. The highest BCUT2D eigenvalue weighted by molar-refractivity contribution is 6.51. The van der Waals surface area contributed by atoms with Gasteiger partial charge in [-0.25, -0.2) is 0 Å². The summed E-state index contributed by atoms with van der Waals surface area (Å²) in [6.45, 7) is 13.2. The SMILES string of the molecule is CCOC(/C=C\B1OC(C)(C)C(C)(C)O1)OCC. The lowest BCUT2D eigenvalue weighted by molar-refractivity contribution is -0.103. The first-order valence-electron chi connectivity index (χ1n) is 6.59. The first kappa shape index (κ1) is 15.7. The smallest absolute Gasteiger partial charge is 0.400 e. The van der Waals surface area contributed by atoms with Gasteiger partial charge in [-0.2, -0.15) is 0 Å². The highest BCUT2D eigenvalue weighted by Crippen LogP contribution is 2.36. The summed E-state index contributed by atoms with van der Waals surface area (Å²) in [5, 5.41) is 0. The molecule has 1 saturated heterocycles. The molecule has 0 saturated carbocycles. The second kappa shape index (κ2) is 6.19. The molecule has 4 nitrogen and oxygen atoms in total. The quantitative estimate of drug-likeness (QED) is 0.540. The van der Waals surface area contributed by atoms with Crippen molar-refractivity contribution in [3.8, 4) is 0 Å². The number of rotatable bonds is 6. The van der Waals surface area contributed by atoms with Gasteiger partial charge in [0.2, 0.25) is 0 Å². The minimum absolute atomic E-state index is 0.311. The second-order valence-electron chi connectivity index (χ2n) is 5.29. The van der Waals surface area contributed by atoms with Crippen molar-refractivity contribution in [2.75, 3.05) is 13.2 Å². The Balaban J connectivity index is 2.57. The summed E-state index contributed by atoms with van der Waals surface area (Å²) in [4.78, 5) is 0. The van der Waals surface area contributed by atoms with Gasteiger partial charge in [-0.1, -0.05) is 5.98 Å². The van der Waals surface area contributed by atoms with Crippen molar-refractivity contribution >= 4 is 7.12 Å². The third-order valence-corrected chi connectivity index (χ3v) is 3.36. The van der Waals surface area contributed by atoms with E-state index in [0.29, 0.717) is 13.2 Å². The molecule has 0 atom stereocenters. The van der Waals surface area contributed by atoms with Crippen LogP contribution in [0.15, 0.2) is 12.1 Å². The minimum atomic E-state index is -0.349. The summed E-state index contributed by atoms with van der Waals surface area (Å²) >= 11 is 0. The fraction of sp³-hybridized carbons (Fsp3) is 0.846. The van der Waals surface area contributed by atoms with Crippen LogP contribution < -0.4 is 0 Å². The summed E-state index contributed by atoms with van der Waals surface area (Å²) < 4.78 is 22.6. The summed E-state index contributed by atoms with van der Waals surface area (Å²) in [5.74, 6) is 1.85. The van der Waals surface area contributed by atoms with Crippen molar-refractivity contribution in [1.82, 2.24) is 0 Å². The molecule has 1 aliphatic rings. The average molecular weight is 256 g/mol. The van der Waals surface area contributed by atoms with E-state index in [9.17, 15) is 0 Å². The molecule has 0 aromatic heterocycles. The molecular formula is C13H25BO4. The van der Waals surface area contributed by atoms with Gasteiger partial charge < -0.3 is 18.8 Å². The molecule has 0 aliphatic carbocycles. The molecule has 18 heavy (non-hydrogen) atoms. The van der Waals surface area contributed by atoms with Crippen LogP contribution in [-0.2, 0) is 18.8 Å². The maximum atomic E-state index is 5.85. The normalized spacial score (nSPS) is 22.3. The van der Waals surface area contributed by atoms with Crippen LogP contribution in [0.4, 0.5) is 0 Å². The summed E-state index contributed by atoms with van der Waals surface area (Å²) in [6, 6.07) is 0. The number of hydrogen-bond acceptors (Lipinski definition) is 4. The molecule has 104 valence electrons. The minimum Gasteiger partial charge on any atom is -0.400 e. The van der Waals surface area contributed by atoms with Crippen LogP contribution >= 0.6 is 0 Å². The van der Waals surface area contributed by atoms with Crippen LogP contribution in [0, 0.1) is 0 Å². The summed E-state index contributed by atoms with van der Waals surface area (Å²) in [5.41, 5.74) is -0.622. The molecule has 0 N–H and O–H groups in total. The van der Waals surface area contributed by atoms with Gasteiger partial charge in [0.05, 0.1) is 11.2 Å². The third-order valence-electron chi connectivity index (χ3n) is 3.36. The summed E-state index contributed by atoms with van der Waals surface area (Å²) in [6.07, 6.45) is 1.51. The van der Waals surface area contributed by atoms with Crippen LogP contribution in [0.1, 0.15) is 41.5 Å². The van der Waals surface area contributed by atoms with Gasteiger partial charge in [0.15, 0.2) is 6.29 Å². The zero-order valence-electron chi connectivity index (χ0n) is 12.4. The topological polar surface area (TPSA) is 36.9 Å². The Morgan fingerprint density at radius 2 is 1.44 bits per heavy atom. The molecule has 1 heterocycles.